The number of aromatic nitrogens is 2. The van der Waals surface area contributed by atoms with Gasteiger partial charge in [-0.1, -0.05) is 30.3 Å². The smallest absolute Gasteiger partial charge is 0.226 e. The van der Waals surface area contributed by atoms with Gasteiger partial charge in [0.2, 0.25) is 11.9 Å². The minimum Gasteiger partial charge on any atom is -0.383 e. The standard InChI is InChI=1S/C13H13N5O/c14-11-10-8(7-4-2-1-3-5-7)6-9(19)16-12(10)18-13(15)17-11/h1-5,8H,6H2,(H5,14,15,16,17,18,19)/t8-/m1/s1. The lowest BCUT2D eigenvalue weighted by Gasteiger charge is -2.26. The number of anilines is 3. The highest BCUT2D eigenvalue weighted by Crippen LogP contribution is 2.38. The second-order valence-electron chi connectivity index (χ2n) is 4.44. The number of carbonyl (C=O) groups is 1. The van der Waals surface area contributed by atoms with Crippen molar-refractivity contribution < 1.29 is 4.79 Å². The van der Waals surface area contributed by atoms with Crippen LogP contribution in [-0.4, -0.2) is 15.9 Å². The molecule has 6 nitrogen and oxygen atoms in total. The summed E-state index contributed by atoms with van der Waals surface area (Å²) < 4.78 is 0. The molecule has 1 aromatic heterocycles. The minimum atomic E-state index is -0.134. The number of benzene rings is 1. The lowest BCUT2D eigenvalue weighted by Crippen LogP contribution is -2.26. The van der Waals surface area contributed by atoms with Gasteiger partial charge in [0.25, 0.3) is 0 Å². The molecule has 0 bridgehead atoms. The first-order valence-corrected chi connectivity index (χ1v) is 5.93. The number of hydrogen-bond donors (Lipinski definition) is 3. The topological polar surface area (TPSA) is 107 Å². The Morgan fingerprint density at radius 3 is 2.63 bits per heavy atom. The van der Waals surface area contributed by atoms with E-state index in [1.807, 2.05) is 30.3 Å². The molecule has 1 atom stereocenters. The summed E-state index contributed by atoms with van der Waals surface area (Å²) in [4.78, 5) is 19.8. The number of nitrogens with two attached hydrogens (primary N) is 2. The van der Waals surface area contributed by atoms with Crippen LogP contribution in [-0.2, 0) is 4.79 Å². The van der Waals surface area contributed by atoms with Crippen LogP contribution in [0.25, 0.3) is 0 Å². The van der Waals surface area contributed by atoms with Crippen molar-refractivity contribution in [3.63, 3.8) is 0 Å². The average Bonchev–Trinajstić information content (AvgIpc) is 2.38. The molecule has 6 heteroatoms. The van der Waals surface area contributed by atoms with E-state index in [4.69, 9.17) is 11.5 Å². The van der Waals surface area contributed by atoms with Crippen molar-refractivity contribution in [2.24, 2.45) is 0 Å². The monoisotopic (exact) mass is 255 g/mol. The van der Waals surface area contributed by atoms with Crippen molar-refractivity contribution in [3.05, 3.63) is 41.5 Å². The molecule has 1 aliphatic heterocycles. The molecular weight excluding hydrogens is 242 g/mol. The Hall–Kier alpha value is -2.63. The fraction of sp³-hybridized carbons (Fsp3) is 0.154. The molecule has 96 valence electrons. The van der Waals surface area contributed by atoms with Gasteiger partial charge in [-0.2, -0.15) is 9.97 Å². The Morgan fingerprint density at radius 1 is 1.16 bits per heavy atom. The lowest BCUT2D eigenvalue weighted by molar-refractivity contribution is -0.116. The SMILES string of the molecule is Nc1nc(N)c2c(n1)NC(=O)C[C@@H]2c1ccccc1. The van der Waals surface area contributed by atoms with Gasteiger partial charge in [-0.05, 0) is 5.56 Å². The fourth-order valence-corrected chi connectivity index (χ4v) is 2.38. The van der Waals surface area contributed by atoms with Gasteiger partial charge in [0.05, 0.1) is 0 Å². The van der Waals surface area contributed by atoms with E-state index in [-0.39, 0.29) is 17.8 Å². The number of hydrogen-bond acceptors (Lipinski definition) is 5. The molecule has 2 aromatic rings. The van der Waals surface area contributed by atoms with Crippen LogP contribution in [0.4, 0.5) is 17.6 Å². The summed E-state index contributed by atoms with van der Waals surface area (Å²) in [5, 5.41) is 2.69. The largest absolute Gasteiger partial charge is 0.383 e. The van der Waals surface area contributed by atoms with Crippen molar-refractivity contribution >= 4 is 23.5 Å². The molecule has 3 rings (SSSR count). The normalized spacial score (nSPS) is 17.7. The van der Waals surface area contributed by atoms with Crippen LogP contribution >= 0.6 is 0 Å². The molecule has 1 amide bonds. The van der Waals surface area contributed by atoms with E-state index in [1.165, 1.54) is 0 Å². The maximum Gasteiger partial charge on any atom is 0.226 e. The second kappa shape index (κ2) is 4.24. The highest BCUT2D eigenvalue weighted by molar-refractivity contribution is 5.95. The third-order valence-corrected chi connectivity index (χ3v) is 3.19. The summed E-state index contributed by atoms with van der Waals surface area (Å²) in [6.45, 7) is 0. The number of carbonyl (C=O) groups excluding carboxylic acids is 1. The maximum absolute atomic E-state index is 11.8. The molecule has 0 unspecified atom stereocenters. The number of nitrogens with one attached hydrogen (secondary N) is 1. The van der Waals surface area contributed by atoms with Crippen LogP contribution in [0.5, 0.6) is 0 Å². The lowest BCUT2D eigenvalue weighted by atomic mass is 9.86. The predicted molar refractivity (Wildman–Crippen MR) is 72.4 cm³/mol. The number of amides is 1. The highest BCUT2D eigenvalue weighted by Gasteiger charge is 2.30. The van der Waals surface area contributed by atoms with Crippen LogP contribution < -0.4 is 16.8 Å². The summed E-state index contributed by atoms with van der Waals surface area (Å²) in [7, 11) is 0. The summed E-state index contributed by atoms with van der Waals surface area (Å²) in [6, 6.07) is 9.70. The van der Waals surface area contributed by atoms with E-state index in [2.05, 4.69) is 15.3 Å². The predicted octanol–water partition coefficient (Wildman–Crippen LogP) is 1.12. The van der Waals surface area contributed by atoms with Crippen LogP contribution in [0.1, 0.15) is 23.5 Å². The van der Waals surface area contributed by atoms with E-state index in [9.17, 15) is 4.79 Å². The van der Waals surface area contributed by atoms with Crippen LogP contribution in [0.2, 0.25) is 0 Å². The Bertz CT molecular complexity index is 641. The molecule has 0 aliphatic carbocycles. The molecule has 19 heavy (non-hydrogen) atoms. The Balaban J connectivity index is 2.17. The summed E-state index contributed by atoms with van der Waals surface area (Å²) in [6.07, 6.45) is 0.328. The average molecular weight is 255 g/mol. The van der Waals surface area contributed by atoms with E-state index < -0.39 is 0 Å². The molecule has 1 aromatic carbocycles. The van der Waals surface area contributed by atoms with Gasteiger partial charge in [0, 0.05) is 17.9 Å². The van der Waals surface area contributed by atoms with Crippen molar-refractivity contribution in [2.45, 2.75) is 12.3 Å². The van der Waals surface area contributed by atoms with Gasteiger partial charge in [-0.3, -0.25) is 4.79 Å². The molecule has 1 aliphatic rings. The Labute approximate surface area is 109 Å². The molecule has 0 saturated carbocycles. The number of fused-ring (bicyclic) bond motifs is 1. The summed E-state index contributed by atoms with van der Waals surface area (Å²) >= 11 is 0. The molecule has 2 heterocycles. The zero-order valence-electron chi connectivity index (χ0n) is 10.1. The Kier molecular flexibility index (Phi) is 2.56. The first-order valence-electron chi connectivity index (χ1n) is 5.93. The molecular formula is C13H13N5O. The van der Waals surface area contributed by atoms with Crippen LogP contribution in [0.3, 0.4) is 0 Å². The minimum absolute atomic E-state index is 0.0604. The molecule has 0 saturated heterocycles. The zero-order valence-corrected chi connectivity index (χ0v) is 10.1. The quantitative estimate of drug-likeness (QED) is 0.707. The van der Waals surface area contributed by atoms with Gasteiger partial charge in [0.1, 0.15) is 11.6 Å². The van der Waals surface area contributed by atoms with Crippen molar-refractivity contribution in [1.29, 1.82) is 0 Å². The van der Waals surface area contributed by atoms with Gasteiger partial charge >= 0.3 is 0 Å². The van der Waals surface area contributed by atoms with Gasteiger partial charge in [-0.25, -0.2) is 0 Å². The third-order valence-electron chi connectivity index (χ3n) is 3.19. The van der Waals surface area contributed by atoms with E-state index in [0.717, 1.165) is 11.1 Å². The first-order chi connectivity index (χ1) is 9.15. The maximum atomic E-state index is 11.8. The summed E-state index contributed by atoms with van der Waals surface area (Å²) in [5.74, 6) is 0.557. The van der Waals surface area contributed by atoms with Crippen molar-refractivity contribution in [3.8, 4) is 0 Å². The van der Waals surface area contributed by atoms with Gasteiger partial charge in [-0.15, -0.1) is 0 Å². The van der Waals surface area contributed by atoms with E-state index in [1.54, 1.807) is 0 Å². The zero-order chi connectivity index (χ0) is 13.4. The second-order valence-corrected chi connectivity index (χ2v) is 4.44. The molecule has 0 radical (unpaired) electrons. The van der Waals surface area contributed by atoms with E-state index in [0.29, 0.717) is 18.1 Å². The summed E-state index contributed by atoms with van der Waals surface area (Å²) in [5.41, 5.74) is 13.2. The molecule has 0 spiro atoms. The number of nitrogens with zero attached hydrogens (tertiary/aromatic N) is 2. The number of nitrogen functional groups attached to an aromatic ring is 2. The van der Waals surface area contributed by atoms with Crippen LogP contribution in [0.15, 0.2) is 30.3 Å². The Morgan fingerprint density at radius 2 is 1.89 bits per heavy atom. The molecule has 0 fully saturated rings. The molecule has 5 N–H and O–H groups in total. The first kappa shape index (κ1) is 11.5. The van der Waals surface area contributed by atoms with Gasteiger partial charge in [0.15, 0.2) is 0 Å². The third kappa shape index (κ3) is 1.97. The fourth-order valence-electron chi connectivity index (χ4n) is 2.38. The highest BCUT2D eigenvalue weighted by atomic mass is 16.1. The van der Waals surface area contributed by atoms with Gasteiger partial charge < -0.3 is 16.8 Å². The number of rotatable bonds is 1. The van der Waals surface area contributed by atoms with Crippen LogP contribution in [0, 0.1) is 0 Å². The van der Waals surface area contributed by atoms with E-state index >= 15 is 0 Å². The van der Waals surface area contributed by atoms with Crippen molar-refractivity contribution in [2.75, 3.05) is 16.8 Å². The van der Waals surface area contributed by atoms with Crippen molar-refractivity contribution in [1.82, 2.24) is 9.97 Å².